The van der Waals surface area contributed by atoms with E-state index in [9.17, 15) is 0 Å². The van der Waals surface area contributed by atoms with Crippen LogP contribution in [0.4, 0.5) is 5.69 Å². The van der Waals surface area contributed by atoms with Crippen molar-refractivity contribution < 1.29 is 0 Å². The van der Waals surface area contributed by atoms with Crippen LogP contribution in [0.2, 0.25) is 0 Å². The normalized spacial score (nSPS) is 27.7. The third-order valence-corrected chi connectivity index (χ3v) is 3.19. The van der Waals surface area contributed by atoms with Gasteiger partial charge >= 0.3 is 0 Å². The van der Waals surface area contributed by atoms with Gasteiger partial charge in [0.2, 0.25) is 0 Å². The first kappa shape index (κ1) is 9.57. The highest BCUT2D eigenvalue weighted by Gasteiger charge is 2.24. The lowest BCUT2D eigenvalue weighted by molar-refractivity contribution is 0.414. The first-order chi connectivity index (χ1) is 6.79. The van der Waals surface area contributed by atoms with Crippen LogP contribution < -0.4 is 4.90 Å². The highest BCUT2D eigenvalue weighted by molar-refractivity contribution is 5.48. The summed E-state index contributed by atoms with van der Waals surface area (Å²) < 4.78 is 0. The van der Waals surface area contributed by atoms with Crippen molar-refractivity contribution in [2.45, 2.75) is 45.2 Å². The minimum atomic E-state index is 0.682. The number of anilines is 1. The summed E-state index contributed by atoms with van der Waals surface area (Å²) in [5.41, 5.74) is 1.35. The van der Waals surface area contributed by atoms with Gasteiger partial charge in [-0.1, -0.05) is 12.1 Å². The predicted molar refractivity (Wildman–Crippen MR) is 60.5 cm³/mol. The van der Waals surface area contributed by atoms with Gasteiger partial charge in [-0.05, 0) is 51.3 Å². The minimum Gasteiger partial charge on any atom is -0.366 e. The molecule has 1 heteroatoms. The van der Waals surface area contributed by atoms with E-state index in [1.165, 1.54) is 24.9 Å². The van der Waals surface area contributed by atoms with Crippen LogP contribution in [-0.4, -0.2) is 12.1 Å². The van der Waals surface area contributed by atoms with Crippen LogP contribution in [0.3, 0.4) is 0 Å². The highest BCUT2D eigenvalue weighted by Crippen LogP contribution is 2.28. The third-order valence-electron chi connectivity index (χ3n) is 3.19. The van der Waals surface area contributed by atoms with E-state index < -0.39 is 0 Å². The summed E-state index contributed by atoms with van der Waals surface area (Å²) in [6, 6.07) is 12.8. The molecule has 0 spiro atoms. The Bertz CT molecular complexity index is 271. The summed E-state index contributed by atoms with van der Waals surface area (Å²) in [4.78, 5) is 2.54. The molecule has 0 saturated carbocycles. The Labute approximate surface area is 86.7 Å². The van der Waals surface area contributed by atoms with E-state index in [-0.39, 0.29) is 0 Å². The van der Waals surface area contributed by atoms with Crippen LogP contribution in [0, 0.1) is 6.07 Å². The molecule has 14 heavy (non-hydrogen) atoms. The standard InChI is InChI=1S/C13H18N/c1-11-7-6-8-12(2)14(11)13-9-4-3-5-10-13/h4-5,9-12H,6-8H2,1-2H3. The maximum absolute atomic E-state index is 3.07. The Kier molecular flexibility index (Phi) is 2.76. The van der Waals surface area contributed by atoms with E-state index in [1.807, 2.05) is 12.1 Å². The Morgan fingerprint density at radius 3 is 2.29 bits per heavy atom. The Balaban J connectivity index is 2.23. The average Bonchev–Trinajstić information content (AvgIpc) is 2.19. The second-order valence-electron chi connectivity index (χ2n) is 4.29. The summed E-state index contributed by atoms with van der Waals surface area (Å²) in [6.07, 6.45) is 4.02. The van der Waals surface area contributed by atoms with E-state index in [2.05, 4.69) is 36.9 Å². The molecule has 75 valence electrons. The van der Waals surface area contributed by atoms with Gasteiger partial charge in [-0.2, -0.15) is 0 Å². The molecule has 1 nitrogen and oxygen atoms in total. The number of rotatable bonds is 1. The van der Waals surface area contributed by atoms with Gasteiger partial charge < -0.3 is 4.90 Å². The largest absolute Gasteiger partial charge is 0.366 e. The van der Waals surface area contributed by atoms with Gasteiger partial charge in [0.05, 0.1) is 0 Å². The van der Waals surface area contributed by atoms with Crippen LogP contribution in [0.15, 0.2) is 24.3 Å². The van der Waals surface area contributed by atoms with Crippen molar-refractivity contribution in [2.75, 3.05) is 4.90 Å². The number of nitrogens with zero attached hydrogens (tertiary/aromatic N) is 1. The van der Waals surface area contributed by atoms with E-state index in [4.69, 9.17) is 0 Å². The molecular formula is C13H18N. The quantitative estimate of drug-likeness (QED) is 0.654. The Hall–Kier alpha value is -0.980. The molecule has 1 aromatic rings. The molecule has 0 bridgehead atoms. The summed E-state index contributed by atoms with van der Waals surface area (Å²) in [6.45, 7) is 4.65. The third kappa shape index (κ3) is 1.77. The highest BCUT2D eigenvalue weighted by atomic mass is 15.2. The molecule has 0 aromatic heterocycles. The fraction of sp³-hybridized carbons (Fsp3) is 0.538. The van der Waals surface area contributed by atoms with E-state index in [0.717, 1.165) is 0 Å². The van der Waals surface area contributed by atoms with Crippen molar-refractivity contribution in [1.82, 2.24) is 0 Å². The molecular weight excluding hydrogens is 170 g/mol. The van der Waals surface area contributed by atoms with Crippen molar-refractivity contribution >= 4 is 5.69 Å². The second kappa shape index (κ2) is 4.04. The average molecular weight is 188 g/mol. The minimum absolute atomic E-state index is 0.682. The molecule has 1 aliphatic rings. The second-order valence-corrected chi connectivity index (χ2v) is 4.29. The van der Waals surface area contributed by atoms with Crippen LogP contribution in [-0.2, 0) is 0 Å². The van der Waals surface area contributed by atoms with Crippen LogP contribution in [0.1, 0.15) is 33.1 Å². The van der Waals surface area contributed by atoms with Crippen molar-refractivity contribution in [2.24, 2.45) is 0 Å². The fourth-order valence-electron chi connectivity index (χ4n) is 2.48. The van der Waals surface area contributed by atoms with Gasteiger partial charge in [0.15, 0.2) is 0 Å². The number of piperidine rings is 1. The zero-order valence-electron chi connectivity index (χ0n) is 9.03. The van der Waals surface area contributed by atoms with Crippen molar-refractivity contribution in [3.63, 3.8) is 0 Å². The molecule has 1 radical (unpaired) electrons. The molecule has 1 aromatic carbocycles. The monoisotopic (exact) mass is 188 g/mol. The predicted octanol–water partition coefficient (Wildman–Crippen LogP) is 3.25. The molecule has 1 aliphatic heterocycles. The molecule has 2 unspecified atom stereocenters. The van der Waals surface area contributed by atoms with Gasteiger partial charge in [-0.3, -0.25) is 0 Å². The van der Waals surface area contributed by atoms with E-state index >= 15 is 0 Å². The first-order valence-electron chi connectivity index (χ1n) is 5.53. The zero-order chi connectivity index (χ0) is 9.97. The van der Waals surface area contributed by atoms with Crippen LogP contribution in [0.5, 0.6) is 0 Å². The first-order valence-corrected chi connectivity index (χ1v) is 5.53. The number of benzene rings is 1. The molecule has 0 aliphatic carbocycles. The van der Waals surface area contributed by atoms with Crippen LogP contribution in [0.25, 0.3) is 0 Å². The molecule has 0 amide bonds. The van der Waals surface area contributed by atoms with Gasteiger partial charge in [0.1, 0.15) is 0 Å². The molecule has 0 N–H and O–H groups in total. The summed E-state index contributed by atoms with van der Waals surface area (Å²) in [5, 5.41) is 0. The maximum atomic E-state index is 3.07. The summed E-state index contributed by atoms with van der Waals surface area (Å²) in [7, 11) is 0. The molecule has 1 heterocycles. The molecule has 2 atom stereocenters. The van der Waals surface area contributed by atoms with E-state index in [0.29, 0.717) is 12.1 Å². The molecule has 1 saturated heterocycles. The topological polar surface area (TPSA) is 3.24 Å². The van der Waals surface area contributed by atoms with Crippen LogP contribution >= 0.6 is 0 Å². The Morgan fingerprint density at radius 1 is 1.14 bits per heavy atom. The van der Waals surface area contributed by atoms with Gasteiger partial charge in [0, 0.05) is 17.8 Å². The summed E-state index contributed by atoms with van der Waals surface area (Å²) >= 11 is 0. The molecule has 1 fully saturated rings. The molecule has 2 rings (SSSR count). The zero-order valence-corrected chi connectivity index (χ0v) is 9.03. The van der Waals surface area contributed by atoms with Gasteiger partial charge in [-0.25, -0.2) is 0 Å². The lowest BCUT2D eigenvalue weighted by Crippen LogP contribution is -2.43. The van der Waals surface area contributed by atoms with Crippen molar-refractivity contribution in [1.29, 1.82) is 0 Å². The van der Waals surface area contributed by atoms with E-state index in [1.54, 1.807) is 0 Å². The fourth-order valence-corrected chi connectivity index (χ4v) is 2.48. The Morgan fingerprint density at radius 2 is 1.71 bits per heavy atom. The summed E-state index contributed by atoms with van der Waals surface area (Å²) in [5.74, 6) is 0. The number of hydrogen-bond donors (Lipinski definition) is 0. The van der Waals surface area contributed by atoms with Gasteiger partial charge in [0.25, 0.3) is 0 Å². The lowest BCUT2D eigenvalue weighted by Gasteiger charge is -2.41. The lowest BCUT2D eigenvalue weighted by atomic mass is 9.97. The SMILES string of the molecule is CC1CCCC(C)N1c1cc[c]cc1. The number of hydrogen-bond acceptors (Lipinski definition) is 1. The van der Waals surface area contributed by atoms with Gasteiger partial charge in [-0.15, -0.1) is 0 Å². The van der Waals surface area contributed by atoms with Crippen molar-refractivity contribution in [3.05, 3.63) is 30.3 Å². The van der Waals surface area contributed by atoms with Crippen molar-refractivity contribution in [3.8, 4) is 0 Å². The maximum Gasteiger partial charge on any atom is 0.0371 e. The smallest absolute Gasteiger partial charge is 0.0371 e.